The van der Waals surface area contributed by atoms with Gasteiger partial charge in [0.05, 0.1) is 22.2 Å². The molecule has 1 unspecified atom stereocenters. The van der Waals surface area contributed by atoms with E-state index in [0.29, 0.717) is 19.0 Å². The molecule has 0 spiro atoms. The first-order valence-electron chi connectivity index (χ1n) is 9.88. The average Bonchev–Trinajstić information content (AvgIpc) is 3.19. The Hall–Kier alpha value is -1.99. The minimum Gasteiger partial charge on any atom is -0.480 e. The summed E-state index contributed by atoms with van der Waals surface area (Å²) in [5.41, 5.74) is 0.102. The van der Waals surface area contributed by atoms with Crippen LogP contribution in [0.2, 0.25) is 10.0 Å². The Kier molecular flexibility index (Phi) is 10.1. The van der Waals surface area contributed by atoms with Gasteiger partial charge in [0.1, 0.15) is 12.6 Å². The molecular weight excluding hydrogens is 417 g/mol. The number of carboxylic acids is 1. The Bertz CT molecular complexity index is 707. The number of unbranched alkanes of at least 4 members (excludes halogenated alkanes) is 5. The van der Waals surface area contributed by atoms with Crippen LogP contribution in [-0.2, 0) is 9.53 Å². The maximum atomic E-state index is 12.4. The fraction of sp³-hybridized carbons (Fsp3) is 0.550. The zero-order chi connectivity index (χ0) is 21.1. The minimum absolute atomic E-state index is 0.102. The van der Waals surface area contributed by atoms with Crippen molar-refractivity contribution in [2.75, 3.05) is 19.7 Å². The highest BCUT2D eigenvalue weighted by Crippen LogP contribution is 2.24. The average molecular weight is 444 g/mol. The van der Waals surface area contributed by atoms with Gasteiger partial charge >= 0.3 is 5.97 Å². The molecule has 0 fully saturated rings. The second-order valence-electron chi connectivity index (χ2n) is 6.83. The lowest BCUT2D eigenvalue weighted by Crippen LogP contribution is -2.41. The molecule has 0 bridgehead atoms. The van der Waals surface area contributed by atoms with Gasteiger partial charge in [-0.1, -0.05) is 61.4 Å². The molecule has 1 aliphatic rings. The molecule has 3 N–H and O–H groups in total. The first-order valence-corrected chi connectivity index (χ1v) is 10.6. The first-order chi connectivity index (χ1) is 14.0. The molecule has 1 heterocycles. The topological polar surface area (TPSA) is 100 Å². The van der Waals surface area contributed by atoms with Crippen LogP contribution in [-0.4, -0.2) is 48.7 Å². The molecule has 1 atom stereocenters. The van der Waals surface area contributed by atoms with E-state index >= 15 is 0 Å². The number of amides is 1. The molecule has 7 nitrogen and oxygen atoms in total. The van der Waals surface area contributed by atoms with Crippen LogP contribution in [0.25, 0.3) is 0 Å². The van der Waals surface area contributed by atoms with Crippen LogP contribution in [0, 0.1) is 0 Å². The number of aliphatic imine (C=N–C) groups is 1. The van der Waals surface area contributed by atoms with Gasteiger partial charge in [-0.05, 0) is 25.0 Å². The summed E-state index contributed by atoms with van der Waals surface area (Å²) in [7, 11) is 0. The fourth-order valence-corrected chi connectivity index (χ4v) is 3.59. The van der Waals surface area contributed by atoms with Gasteiger partial charge in [-0.2, -0.15) is 0 Å². The number of hydrogen-bond acceptors (Lipinski definition) is 5. The monoisotopic (exact) mass is 443 g/mol. The molecule has 0 saturated heterocycles. The van der Waals surface area contributed by atoms with Crippen molar-refractivity contribution in [1.82, 2.24) is 10.6 Å². The van der Waals surface area contributed by atoms with E-state index in [0.717, 1.165) is 51.6 Å². The number of nitrogens with zero attached hydrogens (tertiary/aromatic N) is 1. The molecule has 1 aromatic carbocycles. The van der Waals surface area contributed by atoms with E-state index in [9.17, 15) is 14.7 Å². The second kappa shape index (κ2) is 12.5. The molecule has 0 radical (unpaired) electrons. The molecule has 2 rings (SSSR count). The Morgan fingerprint density at radius 3 is 2.38 bits per heavy atom. The molecular formula is C20H27Cl2N3O4. The number of halogens is 2. The van der Waals surface area contributed by atoms with E-state index in [1.165, 1.54) is 0 Å². The van der Waals surface area contributed by atoms with Crippen molar-refractivity contribution in [2.45, 2.75) is 51.0 Å². The number of amidine groups is 1. The summed E-state index contributed by atoms with van der Waals surface area (Å²) in [5, 5.41) is 15.5. The third kappa shape index (κ3) is 8.11. The number of ether oxygens (including phenoxy) is 1. The van der Waals surface area contributed by atoms with Crippen LogP contribution in [0.15, 0.2) is 23.2 Å². The van der Waals surface area contributed by atoms with Crippen LogP contribution in [0.5, 0.6) is 0 Å². The summed E-state index contributed by atoms with van der Waals surface area (Å²) in [6, 6.07) is 4.39. The van der Waals surface area contributed by atoms with Gasteiger partial charge in [0.25, 0.3) is 11.9 Å². The van der Waals surface area contributed by atoms with Crippen molar-refractivity contribution in [1.29, 1.82) is 0 Å². The third-order valence-electron chi connectivity index (χ3n) is 4.57. The smallest absolute Gasteiger partial charge is 0.326 e. The predicted molar refractivity (Wildman–Crippen MR) is 114 cm³/mol. The number of rotatable bonds is 12. The third-order valence-corrected chi connectivity index (χ3v) is 5.20. The number of benzene rings is 1. The molecule has 29 heavy (non-hydrogen) atoms. The number of carbonyl (C=O) groups excluding carboxylic acids is 1. The standard InChI is InChI=1S/C20H27Cl2N3O4/c21-14-8-7-9-15(22)17(14)18(26)25-16(19(27)28)10-5-3-1-2-4-6-11-23-20-24-12-13-29-20/h7-9,16H,1-6,10-13H2,(H,23,24)(H,25,26)(H,27,28). The summed E-state index contributed by atoms with van der Waals surface area (Å²) >= 11 is 12.0. The zero-order valence-electron chi connectivity index (χ0n) is 16.3. The van der Waals surface area contributed by atoms with E-state index in [-0.39, 0.29) is 15.6 Å². The number of aliphatic carboxylic acids is 1. The van der Waals surface area contributed by atoms with Crippen LogP contribution < -0.4 is 10.6 Å². The van der Waals surface area contributed by atoms with Gasteiger partial charge in [-0.15, -0.1) is 0 Å². The van der Waals surface area contributed by atoms with Gasteiger partial charge in [0, 0.05) is 6.54 Å². The minimum atomic E-state index is -1.07. The fourth-order valence-electron chi connectivity index (χ4n) is 3.02. The number of hydrogen-bond donors (Lipinski definition) is 3. The molecule has 9 heteroatoms. The lowest BCUT2D eigenvalue weighted by Gasteiger charge is -2.15. The quantitative estimate of drug-likeness (QED) is 0.425. The number of carbonyl (C=O) groups is 2. The number of carboxylic acid groups (broad SMARTS) is 1. The highest BCUT2D eigenvalue weighted by Gasteiger charge is 2.22. The summed E-state index contributed by atoms with van der Waals surface area (Å²) in [6.45, 7) is 2.23. The van der Waals surface area contributed by atoms with Gasteiger partial charge in [0.15, 0.2) is 0 Å². The Labute approximate surface area is 180 Å². The Morgan fingerprint density at radius 1 is 1.10 bits per heavy atom. The van der Waals surface area contributed by atoms with Crippen LogP contribution >= 0.6 is 23.2 Å². The van der Waals surface area contributed by atoms with E-state index in [1.807, 2.05) is 0 Å². The van der Waals surface area contributed by atoms with Gasteiger partial charge < -0.3 is 20.5 Å². The van der Waals surface area contributed by atoms with Crippen molar-refractivity contribution in [3.63, 3.8) is 0 Å². The van der Waals surface area contributed by atoms with Crippen molar-refractivity contribution in [2.24, 2.45) is 4.99 Å². The summed E-state index contributed by atoms with van der Waals surface area (Å²) in [4.78, 5) is 28.0. The van der Waals surface area contributed by atoms with Gasteiger partial charge in [-0.25, -0.2) is 9.79 Å². The maximum Gasteiger partial charge on any atom is 0.326 e. The summed E-state index contributed by atoms with van der Waals surface area (Å²) in [5.74, 6) is -1.64. The SMILES string of the molecule is O=C(NC(CCCCCCCCNC1=NCCO1)C(=O)O)c1c(Cl)cccc1Cl. The van der Waals surface area contributed by atoms with E-state index in [4.69, 9.17) is 27.9 Å². The van der Waals surface area contributed by atoms with Crippen LogP contribution in [0.3, 0.4) is 0 Å². The van der Waals surface area contributed by atoms with E-state index in [2.05, 4.69) is 15.6 Å². The Balaban J connectivity index is 1.61. The molecule has 0 saturated carbocycles. The molecule has 0 aromatic heterocycles. The maximum absolute atomic E-state index is 12.4. The van der Waals surface area contributed by atoms with Crippen molar-refractivity contribution < 1.29 is 19.4 Å². The summed E-state index contributed by atoms with van der Waals surface area (Å²) < 4.78 is 5.27. The van der Waals surface area contributed by atoms with Gasteiger partial charge in [0.2, 0.25) is 0 Å². The molecule has 1 amide bonds. The lowest BCUT2D eigenvalue weighted by molar-refractivity contribution is -0.139. The lowest BCUT2D eigenvalue weighted by atomic mass is 10.0. The largest absolute Gasteiger partial charge is 0.480 e. The highest BCUT2D eigenvalue weighted by molar-refractivity contribution is 6.39. The molecule has 160 valence electrons. The summed E-state index contributed by atoms with van der Waals surface area (Å²) in [6.07, 6.45) is 6.22. The first kappa shape index (κ1) is 23.3. The van der Waals surface area contributed by atoms with Crippen LogP contribution in [0.4, 0.5) is 0 Å². The van der Waals surface area contributed by atoms with Crippen molar-refractivity contribution in [3.05, 3.63) is 33.8 Å². The van der Waals surface area contributed by atoms with Crippen molar-refractivity contribution in [3.8, 4) is 0 Å². The normalized spacial score (nSPS) is 14.1. The molecule has 1 aromatic rings. The molecule has 1 aliphatic heterocycles. The molecule has 0 aliphatic carbocycles. The van der Waals surface area contributed by atoms with Crippen molar-refractivity contribution >= 4 is 41.1 Å². The second-order valence-corrected chi connectivity index (χ2v) is 7.65. The van der Waals surface area contributed by atoms with Crippen LogP contribution in [0.1, 0.15) is 55.3 Å². The predicted octanol–water partition coefficient (Wildman–Crippen LogP) is 3.88. The highest BCUT2D eigenvalue weighted by atomic mass is 35.5. The van der Waals surface area contributed by atoms with E-state index < -0.39 is 17.9 Å². The zero-order valence-corrected chi connectivity index (χ0v) is 17.8. The Morgan fingerprint density at radius 2 is 1.76 bits per heavy atom. The van der Waals surface area contributed by atoms with Gasteiger partial charge in [-0.3, -0.25) is 4.79 Å². The number of nitrogens with one attached hydrogen (secondary N) is 2. The van der Waals surface area contributed by atoms with E-state index in [1.54, 1.807) is 18.2 Å².